The highest BCUT2D eigenvalue weighted by Gasteiger charge is 2.18. The lowest BCUT2D eigenvalue weighted by Crippen LogP contribution is -2.37. The number of hydrogen-bond donors (Lipinski definition) is 1. The molecule has 1 fully saturated rings. The van der Waals surface area contributed by atoms with E-state index < -0.39 is 0 Å². The Hall–Kier alpha value is -3.42. The summed E-state index contributed by atoms with van der Waals surface area (Å²) in [6, 6.07) is 17.1. The Morgan fingerprint density at radius 2 is 1.81 bits per heavy atom. The summed E-state index contributed by atoms with van der Waals surface area (Å²) in [6.07, 6.45) is 1.76. The topological polar surface area (TPSA) is 67.1 Å². The zero-order valence-corrected chi connectivity index (χ0v) is 17.4. The van der Waals surface area contributed by atoms with Gasteiger partial charge in [0.1, 0.15) is 17.2 Å². The molecule has 7 heteroatoms. The number of rotatable bonds is 2. The molecule has 0 bridgehead atoms. The lowest BCUT2D eigenvalue weighted by atomic mass is 10.0. The molecule has 6 rings (SSSR count). The highest BCUT2D eigenvalue weighted by atomic mass is 32.1. The van der Waals surface area contributed by atoms with Crippen molar-refractivity contribution in [2.24, 2.45) is 0 Å². The minimum atomic E-state index is -0.0956. The standard InChI is InChI=1S/C24H19N3O3S/c28-15-6-7-20-19(13-15)17-4-1-3-16(23(17)31-20)18-5-2-8-27-22(29)14-21(25-24(18)27)26-9-11-30-12-10-26/h1-8,13-14,28H,9-12H2. The third kappa shape index (κ3) is 2.97. The van der Waals surface area contributed by atoms with Crippen molar-refractivity contribution in [2.75, 3.05) is 31.2 Å². The van der Waals surface area contributed by atoms with E-state index >= 15 is 0 Å². The van der Waals surface area contributed by atoms with Crippen molar-refractivity contribution in [3.05, 3.63) is 71.1 Å². The van der Waals surface area contributed by atoms with Gasteiger partial charge >= 0.3 is 0 Å². The van der Waals surface area contributed by atoms with Gasteiger partial charge in [-0.05, 0) is 30.3 Å². The van der Waals surface area contributed by atoms with Crippen LogP contribution in [0.25, 0.3) is 36.9 Å². The summed E-state index contributed by atoms with van der Waals surface area (Å²) in [5.41, 5.74) is 2.49. The van der Waals surface area contributed by atoms with E-state index in [0.29, 0.717) is 24.7 Å². The van der Waals surface area contributed by atoms with E-state index in [2.05, 4.69) is 17.0 Å². The molecule has 1 aliphatic heterocycles. The van der Waals surface area contributed by atoms with Crippen LogP contribution in [0.4, 0.5) is 5.82 Å². The molecule has 0 amide bonds. The molecule has 1 saturated heterocycles. The van der Waals surface area contributed by atoms with E-state index in [4.69, 9.17) is 9.72 Å². The Balaban J connectivity index is 1.62. The number of nitrogens with zero attached hydrogens (tertiary/aromatic N) is 3. The van der Waals surface area contributed by atoms with Crippen molar-refractivity contribution >= 4 is 43.0 Å². The minimum absolute atomic E-state index is 0.0956. The van der Waals surface area contributed by atoms with Gasteiger partial charge in [0.05, 0.1) is 13.2 Å². The van der Waals surface area contributed by atoms with Crippen LogP contribution in [0.3, 0.4) is 0 Å². The molecule has 5 aromatic rings. The maximum atomic E-state index is 12.9. The lowest BCUT2D eigenvalue weighted by Gasteiger charge is -2.27. The van der Waals surface area contributed by atoms with Gasteiger partial charge in [-0.25, -0.2) is 4.98 Å². The molecular formula is C24H19N3O3S. The fourth-order valence-corrected chi connectivity index (χ4v) is 5.49. The Labute approximate surface area is 181 Å². The number of thiophene rings is 1. The van der Waals surface area contributed by atoms with Gasteiger partial charge in [0, 0.05) is 56.7 Å². The predicted octanol–water partition coefficient (Wildman–Crippen LogP) is 4.27. The van der Waals surface area contributed by atoms with Crippen molar-refractivity contribution in [3.63, 3.8) is 0 Å². The molecule has 6 nitrogen and oxygen atoms in total. The van der Waals surface area contributed by atoms with Gasteiger partial charge in [-0.15, -0.1) is 11.3 Å². The second kappa shape index (κ2) is 7.08. The number of phenolic OH excluding ortho intramolecular Hbond substituents is 1. The molecule has 0 radical (unpaired) electrons. The first kappa shape index (κ1) is 18.4. The van der Waals surface area contributed by atoms with E-state index in [9.17, 15) is 9.90 Å². The van der Waals surface area contributed by atoms with Crippen molar-refractivity contribution in [1.82, 2.24) is 9.38 Å². The number of ether oxygens (including phenoxy) is 1. The van der Waals surface area contributed by atoms with Crippen molar-refractivity contribution in [1.29, 1.82) is 0 Å². The van der Waals surface area contributed by atoms with Crippen molar-refractivity contribution in [3.8, 4) is 16.9 Å². The number of phenols is 1. The molecule has 0 spiro atoms. The Morgan fingerprint density at radius 1 is 0.968 bits per heavy atom. The van der Waals surface area contributed by atoms with E-state index in [0.717, 1.165) is 44.4 Å². The van der Waals surface area contributed by atoms with E-state index in [1.165, 1.54) is 0 Å². The first-order valence-corrected chi connectivity index (χ1v) is 11.0. The molecule has 0 aliphatic carbocycles. The number of fused-ring (bicyclic) bond motifs is 4. The fourth-order valence-electron chi connectivity index (χ4n) is 4.28. The van der Waals surface area contributed by atoms with Gasteiger partial charge in [0.2, 0.25) is 0 Å². The van der Waals surface area contributed by atoms with Gasteiger partial charge < -0.3 is 14.7 Å². The van der Waals surface area contributed by atoms with E-state index in [1.54, 1.807) is 40.1 Å². The molecule has 0 unspecified atom stereocenters. The average Bonchev–Trinajstić information content (AvgIpc) is 3.17. The van der Waals surface area contributed by atoms with Crippen LogP contribution in [-0.2, 0) is 4.74 Å². The quantitative estimate of drug-likeness (QED) is 0.454. The molecule has 0 saturated carbocycles. The van der Waals surface area contributed by atoms with E-state index in [-0.39, 0.29) is 11.3 Å². The highest BCUT2D eigenvalue weighted by Crippen LogP contribution is 2.41. The highest BCUT2D eigenvalue weighted by molar-refractivity contribution is 7.26. The van der Waals surface area contributed by atoms with Crippen LogP contribution < -0.4 is 10.5 Å². The van der Waals surface area contributed by atoms with E-state index in [1.807, 2.05) is 24.3 Å². The number of benzene rings is 2. The number of aromatic hydroxyl groups is 1. The van der Waals surface area contributed by atoms with Gasteiger partial charge in [-0.3, -0.25) is 9.20 Å². The summed E-state index contributed by atoms with van der Waals surface area (Å²) < 4.78 is 9.28. The summed E-state index contributed by atoms with van der Waals surface area (Å²) in [5, 5.41) is 12.1. The molecule has 4 heterocycles. The molecule has 154 valence electrons. The molecule has 1 aliphatic rings. The largest absolute Gasteiger partial charge is 0.508 e. The first-order chi connectivity index (χ1) is 15.2. The summed E-state index contributed by atoms with van der Waals surface area (Å²) in [5.74, 6) is 0.945. The first-order valence-electron chi connectivity index (χ1n) is 10.2. The van der Waals surface area contributed by atoms with Crippen LogP contribution >= 0.6 is 11.3 Å². The SMILES string of the molecule is O=c1cc(N2CCOCC2)nc2c(-c3cccc4c3sc3ccc(O)cc34)cccn12. The monoisotopic (exact) mass is 429 g/mol. The Bertz CT molecular complexity index is 1520. The molecular weight excluding hydrogens is 410 g/mol. The molecule has 2 aromatic carbocycles. The second-order valence-corrected chi connectivity index (χ2v) is 8.68. The number of aromatic nitrogens is 2. The average molecular weight is 430 g/mol. The van der Waals surface area contributed by atoms with Gasteiger partial charge in [-0.2, -0.15) is 0 Å². The smallest absolute Gasteiger partial charge is 0.259 e. The summed E-state index contributed by atoms with van der Waals surface area (Å²) in [6.45, 7) is 2.72. The van der Waals surface area contributed by atoms with Gasteiger partial charge in [0.25, 0.3) is 5.56 Å². The maximum absolute atomic E-state index is 12.9. The van der Waals surface area contributed by atoms with Crippen molar-refractivity contribution < 1.29 is 9.84 Å². The zero-order valence-electron chi connectivity index (χ0n) is 16.6. The number of pyridine rings is 1. The Morgan fingerprint density at radius 3 is 2.68 bits per heavy atom. The number of hydrogen-bond acceptors (Lipinski definition) is 6. The van der Waals surface area contributed by atoms with Gasteiger partial charge in [0.15, 0.2) is 0 Å². The molecule has 3 aromatic heterocycles. The lowest BCUT2D eigenvalue weighted by molar-refractivity contribution is 0.122. The number of anilines is 1. The van der Waals surface area contributed by atoms with Crippen molar-refractivity contribution in [2.45, 2.75) is 0 Å². The minimum Gasteiger partial charge on any atom is -0.508 e. The maximum Gasteiger partial charge on any atom is 0.259 e. The van der Waals surface area contributed by atoms with Crippen LogP contribution in [0.1, 0.15) is 0 Å². The fraction of sp³-hybridized carbons (Fsp3) is 0.167. The second-order valence-electron chi connectivity index (χ2n) is 7.63. The molecule has 31 heavy (non-hydrogen) atoms. The predicted molar refractivity (Wildman–Crippen MR) is 124 cm³/mol. The third-order valence-electron chi connectivity index (χ3n) is 5.78. The summed E-state index contributed by atoms with van der Waals surface area (Å²) >= 11 is 1.68. The number of morpholine rings is 1. The van der Waals surface area contributed by atoms with Crippen LogP contribution in [0.5, 0.6) is 5.75 Å². The summed E-state index contributed by atoms with van der Waals surface area (Å²) in [7, 11) is 0. The molecule has 0 atom stereocenters. The zero-order chi connectivity index (χ0) is 20.9. The van der Waals surface area contributed by atoms with Crippen LogP contribution in [0, 0.1) is 0 Å². The van der Waals surface area contributed by atoms with Crippen LogP contribution in [-0.4, -0.2) is 40.8 Å². The normalized spacial score (nSPS) is 14.6. The van der Waals surface area contributed by atoms with Gasteiger partial charge in [-0.1, -0.05) is 18.2 Å². The van der Waals surface area contributed by atoms with Crippen LogP contribution in [0.2, 0.25) is 0 Å². The summed E-state index contributed by atoms with van der Waals surface area (Å²) in [4.78, 5) is 19.9. The van der Waals surface area contributed by atoms with Crippen LogP contribution in [0.15, 0.2) is 65.6 Å². The molecule has 1 N–H and O–H groups in total. The Kier molecular flexibility index (Phi) is 4.19. The third-order valence-corrected chi connectivity index (χ3v) is 7.00.